The van der Waals surface area contributed by atoms with Gasteiger partial charge in [0.15, 0.2) is 0 Å². The minimum absolute atomic E-state index is 0.291. The van der Waals surface area contributed by atoms with Gasteiger partial charge in [0.1, 0.15) is 5.54 Å². The Morgan fingerprint density at radius 3 is 2.65 bits per heavy atom. The Labute approximate surface area is 151 Å². The second-order valence-electron chi connectivity index (χ2n) is 7.40. The lowest BCUT2D eigenvalue weighted by Crippen LogP contribution is -2.54. The maximum absolute atomic E-state index is 13.2. The molecule has 3 heterocycles. The fourth-order valence-electron chi connectivity index (χ4n) is 4.70. The molecule has 138 valence electrons. The number of amides is 3. The first-order chi connectivity index (χ1) is 12.4. The molecule has 5 atom stereocenters. The molecule has 0 saturated carbocycles. The third kappa shape index (κ3) is 2.04. The molecule has 2 fully saturated rings. The summed E-state index contributed by atoms with van der Waals surface area (Å²) in [4.78, 5) is 40.5. The van der Waals surface area contributed by atoms with Crippen molar-refractivity contribution in [1.82, 2.24) is 10.2 Å². The van der Waals surface area contributed by atoms with E-state index in [4.69, 9.17) is 0 Å². The lowest BCUT2D eigenvalue weighted by atomic mass is 9.76. The van der Waals surface area contributed by atoms with E-state index in [2.05, 4.69) is 10.6 Å². The molecular formula is C19H23N3O4. The van der Waals surface area contributed by atoms with Crippen molar-refractivity contribution in [2.75, 3.05) is 11.9 Å². The highest BCUT2D eigenvalue weighted by Crippen LogP contribution is 2.53. The zero-order chi connectivity index (χ0) is 18.6. The number of para-hydroxylation sites is 1. The lowest BCUT2D eigenvalue weighted by Gasteiger charge is -2.30. The van der Waals surface area contributed by atoms with Crippen LogP contribution in [0.4, 0.5) is 5.69 Å². The van der Waals surface area contributed by atoms with E-state index in [9.17, 15) is 19.5 Å². The summed E-state index contributed by atoms with van der Waals surface area (Å²) in [7, 11) is 0. The summed E-state index contributed by atoms with van der Waals surface area (Å²) >= 11 is 0. The molecule has 1 aromatic carbocycles. The van der Waals surface area contributed by atoms with E-state index in [0.29, 0.717) is 17.8 Å². The van der Waals surface area contributed by atoms with E-state index >= 15 is 0 Å². The van der Waals surface area contributed by atoms with Crippen molar-refractivity contribution in [3.8, 4) is 0 Å². The number of likely N-dealkylation sites (tertiary alicyclic amines) is 1. The van der Waals surface area contributed by atoms with Gasteiger partial charge in [0, 0.05) is 23.8 Å². The van der Waals surface area contributed by atoms with Crippen LogP contribution < -0.4 is 10.6 Å². The number of anilines is 1. The molecule has 3 amide bonds. The second-order valence-corrected chi connectivity index (χ2v) is 7.40. The largest absolute Gasteiger partial charge is 0.392 e. The number of hydrogen-bond acceptors (Lipinski definition) is 5. The van der Waals surface area contributed by atoms with Gasteiger partial charge in [0.05, 0.1) is 17.9 Å². The molecule has 0 unspecified atom stereocenters. The van der Waals surface area contributed by atoms with E-state index in [1.54, 1.807) is 19.1 Å². The van der Waals surface area contributed by atoms with Crippen LogP contribution in [0.2, 0.25) is 0 Å². The molecule has 3 aliphatic heterocycles. The first kappa shape index (κ1) is 17.2. The number of carbonyl (C=O) groups excluding carboxylic acids is 3. The Balaban J connectivity index is 1.85. The van der Waals surface area contributed by atoms with Crippen LogP contribution >= 0.6 is 0 Å². The summed E-state index contributed by atoms with van der Waals surface area (Å²) in [6.45, 7) is 3.93. The average Bonchev–Trinajstić information content (AvgIpc) is 3.20. The predicted molar refractivity (Wildman–Crippen MR) is 94.0 cm³/mol. The highest BCUT2D eigenvalue weighted by atomic mass is 16.3. The van der Waals surface area contributed by atoms with Crippen molar-refractivity contribution in [1.29, 1.82) is 0 Å². The Morgan fingerprint density at radius 2 is 1.96 bits per heavy atom. The van der Waals surface area contributed by atoms with Crippen LogP contribution in [0.15, 0.2) is 24.3 Å². The monoisotopic (exact) mass is 357 g/mol. The molecule has 0 aromatic heterocycles. The van der Waals surface area contributed by atoms with Gasteiger partial charge in [-0.15, -0.1) is 0 Å². The first-order valence-electron chi connectivity index (χ1n) is 9.15. The molecule has 0 aliphatic carbocycles. The van der Waals surface area contributed by atoms with Crippen LogP contribution in [-0.4, -0.2) is 46.4 Å². The van der Waals surface area contributed by atoms with Gasteiger partial charge in [-0.1, -0.05) is 31.5 Å². The number of nitrogens with one attached hydrogen (secondary N) is 2. The number of unbranched alkanes of at least 4 members (excludes halogenated alkanes) is 1. The molecule has 1 aromatic rings. The molecule has 0 radical (unpaired) electrons. The quantitative estimate of drug-likeness (QED) is 0.685. The molecule has 4 rings (SSSR count). The minimum Gasteiger partial charge on any atom is -0.392 e. The van der Waals surface area contributed by atoms with Crippen molar-refractivity contribution in [3.05, 3.63) is 29.8 Å². The van der Waals surface area contributed by atoms with Gasteiger partial charge < -0.3 is 10.4 Å². The number of benzene rings is 1. The number of nitrogens with zero attached hydrogens (tertiary/aromatic N) is 1. The molecule has 7 heteroatoms. The van der Waals surface area contributed by atoms with Gasteiger partial charge in [-0.25, -0.2) is 0 Å². The SMILES string of the molecule is CCCCN1C(=O)[C@@H]2[C@@H]([C@H](C)O)N[C@@]3(C(=O)Nc4ccccc43)[C@@H]2C1=O. The zero-order valence-electron chi connectivity index (χ0n) is 14.9. The standard InChI is InChI=1S/C19H23N3O4/c1-3-4-9-22-16(24)13-14(17(22)25)19(21-15(13)10(2)23)11-7-5-6-8-12(11)20-18(19)26/h5-8,10,13-15,21,23H,3-4,9H2,1-2H3,(H,20,26)/t10-,13-,14-,15+,19+/m0/s1. The number of fused-ring (bicyclic) bond motifs is 4. The van der Waals surface area contributed by atoms with Gasteiger partial charge >= 0.3 is 0 Å². The number of hydrogen-bond donors (Lipinski definition) is 3. The molecule has 3 aliphatic rings. The maximum atomic E-state index is 13.2. The van der Waals surface area contributed by atoms with Crippen LogP contribution in [0.25, 0.3) is 0 Å². The smallest absolute Gasteiger partial charge is 0.250 e. The van der Waals surface area contributed by atoms with E-state index in [1.807, 2.05) is 19.1 Å². The Morgan fingerprint density at radius 1 is 1.23 bits per heavy atom. The average molecular weight is 357 g/mol. The maximum Gasteiger partial charge on any atom is 0.250 e. The topological polar surface area (TPSA) is 98.7 Å². The predicted octanol–water partition coefficient (Wildman–Crippen LogP) is 0.588. The van der Waals surface area contributed by atoms with Crippen molar-refractivity contribution >= 4 is 23.4 Å². The first-order valence-corrected chi connectivity index (χ1v) is 9.15. The Hall–Kier alpha value is -2.25. The van der Waals surface area contributed by atoms with Crippen LogP contribution in [0.3, 0.4) is 0 Å². The molecule has 1 spiro atoms. The summed E-state index contributed by atoms with van der Waals surface area (Å²) in [6.07, 6.45) is 0.712. The van der Waals surface area contributed by atoms with Gasteiger partial charge in [-0.2, -0.15) is 0 Å². The van der Waals surface area contributed by atoms with Crippen molar-refractivity contribution in [2.24, 2.45) is 11.8 Å². The number of rotatable bonds is 4. The van der Waals surface area contributed by atoms with E-state index < -0.39 is 29.5 Å². The van der Waals surface area contributed by atoms with Crippen molar-refractivity contribution in [2.45, 2.75) is 44.4 Å². The van der Waals surface area contributed by atoms with Crippen LogP contribution in [0, 0.1) is 11.8 Å². The number of aliphatic hydroxyl groups excluding tert-OH is 1. The van der Waals surface area contributed by atoms with Crippen molar-refractivity contribution < 1.29 is 19.5 Å². The fourth-order valence-corrected chi connectivity index (χ4v) is 4.70. The summed E-state index contributed by atoms with van der Waals surface area (Å²) in [6, 6.07) is 6.55. The molecule has 2 saturated heterocycles. The third-order valence-electron chi connectivity index (χ3n) is 5.90. The minimum atomic E-state index is -1.31. The summed E-state index contributed by atoms with van der Waals surface area (Å²) < 4.78 is 0. The highest BCUT2D eigenvalue weighted by molar-refractivity contribution is 6.15. The summed E-state index contributed by atoms with van der Waals surface area (Å²) in [5.41, 5.74) is 0.000255. The Bertz CT molecular complexity index is 793. The highest BCUT2D eigenvalue weighted by Gasteiger charge is 2.70. The normalized spacial score (nSPS) is 33.6. The number of carbonyl (C=O) groups is 3. The molecule has 3 N–H and O–H groups in total. The second kappa shape index (κ2) is 5.89. The summed E-state index contributed by atoms with van der Waals surface area (Å²) in [5.74, 6) is -2.53. The van der Waals surface area contributed by atoms with Gasteiger partial charge in [-0.3, -0.25) is 24.6 Å². The van der Waals surface area contributed by atoms with Crippen molar-refractivity contribution in [3.63, 3.8) is 0 Å². The van der Waals surface area contributed by atoms with Gasteiger partial charge in [0.2, 0.25) is 17.7 Å². The van der Waals surface area contributed by atoms with E-state index in [1.165, 1.54) is 4.90 Å². The van der Waals surface area contributed by atoms with Gasteiger partial charge in [0.25, 0.3) is 0 Å². The zero-order valence-corrected chi connectivity index (χ0v) is 14.9. The number of aliphatic hydroxyl groups is 1. The van der Waals surface area contributed by atoms with Crippen LogP contribution in [-0.2, 0) is 19.9 Å². The lowest BCUT2D eigenvalue weighted by molar-refractivity contribution is -0.143. The summed E-state index contributed by atoms with van der Waals surface area (Å²) in [5, 5.41) is 16.3. The van der Waals surface area contributed by atoms with Crippen LogP contribution in [0.1, 0.15) is 32.3 Å². The molecule has 7 nitrogen and oxygen atoms in total. The van der Waals surface area contributed by atoms with Crippen LogP contribution in [0.5, 0.6) is 0 Å². The molecule has 26 heavy (non-hydrogen) atoms. The third-order valence-corrected chi connectivity index (χ3v) is 5.90. The Kier molecular flexibility index (Phi) is 3.89. The molecule has 0 bridgehead atoms. The number of imide groups is 1. The van der Waals surface area contributed by atoms with E-state index in [0.717, 1.165) is 12.8 Å². The van der Waals surface area contributed by atoms with Gasteiger partial charge in [-0.05, 0) is 19.4 Å². The molecular weight excluding hydrogens is 334 g/mol. The fraction of sp³-hybridized carbons (Fsp3) is 0.526. The van der Waals surface area contributed by atoms with E-state index in [-0.39, 0.29) is 17.7 Å².